The summed E-state index contributed by atoms with van der Waals surface area (Å²) in [5, 5.41) is 8.90. The van der Waals surface area contributed by atoms with Crippen LogP contribution in [0.5, 0.6) is 5.75 Å². The summed E-state index contributed by atoms with van der Waals surface area (Å²) >= 11 is 0. The zero-order valence-electron chi connectivity index (χ0n) is 14.3. The van der Waals surface area contributed by atoms with Crippen molar-refractivity contribution in [3.8, 4) is 11.8 Å². The van der Waals surface area contributed by atoms with Crippen molar-refractivity contribution >= 4 is 11.8 Å². The molecule has 3 aromatic rings. The zero-order valence-corrected chi connectivity index (χ0v) is 14.3. The van der Waals surface area contributed by atoms with Crippen molar-refractivity contribution in [2.75, 3.05) is 0 Å². The van der Waals surface area contributed by atoms with Crippen LogP contribution in [0.4, 0.5) is 4.39 Å². The average Bonchev–Trinajstić information content (AvgIpc) is 2.68. The second kappa shape index (κ2) is 7.58. The quantitative estimate of drug-likeness (QED) is 0.401. The van der Waals surface area contributed by atoms with Gasteiger partial charge in [0.25, 0.3) is 0 Å². The van der Waals surface area contributed by atoms with Gasteiger partial charge in [-0.1, -0.05) is 0 Å². The Balaban J connectivity index is 1.73. The van der Waals surface area contributed by atoms with Crippen molar-refractivity contribution < 1.29 is 18.7 Å². The molecular weight excluding hydrogens is 347 g/mol. The number of halogens is 1. The van der Waals surface area contributed by atoms with Crippen LogP contribution in [-0.4, -0.2) is 16.7 Å². The normalized spacial score (nSPS) is 10.1. The third kappa shape index (κ3) is 4.05. The Hall–Kier alpha value is -3.85. The van der Waals surface area contributed by atoms with Crippen LogP contribution in [0.15, 0.2) is 60.7 Å². The van der Waals surface area contributed by atoms with E-state index < -0.39 is 11.8 Å². The van der Waals surface area contributed by atoms with Crippen LogP contribution in [0.25, 0.3) is 0 Å². The molecule has 0 unspecified atom stereocenters. The van der Waals surface area contributed by atoms with Crippen molar-refractivity contribution in [3.05, 3.63) is 94.6 Å². The van der Waals surface area contributed by atoms with Crippen molar-refractivity contribution in [1.82, 2.24) is 4.98 Å². The van der Waals surface area contributed by atoms with Crippen LogP contribution in [0.1, 0.15) is 37.7 Å². The standard InChI is InChI=1S/C21H13FN2O3/c1-13-16(12-23)6-11-19(24-13)21(26)27-18-9-4-15(5-10-18)20(25)14-2-7-17(22)8-3-14/h2-11H,1H3. The molecule has 132 valence electrons. The maximum absolute atomic E-state index is 13.0. The lowest BCUT2D eigenvalue weighted by atomic mass is 10.0. The largest absolute Gasteiger partial charge is 0.422 e. The minimum Gasteiger partial charge on any atom is -0.422 e. The van der Waals surface area contributed by atoms with Gasteiger partial charge < -0.3 is 4.74 Å². The van der Waals surface area contributed by atoms with E-state index >= 15 is 0 Å². The second-order valence-electron chi connectivity index (χ2n) is 5.69. The Bertz CT molecular complexity index is 1050. The van der Waals surface area contributed by atoms with Crippen LogP contribution in [-0.2, 0) is 0 Å². The van der Waals surface area contributed by atoms with Gasteiger partial charge in [0.15, 0.2) is 5.78 Å². The number of carbonyl (C=O) groups excluding carboxylic acids is 2. The number of pyridine rings is 1. The summed E-state index contributed by atoms with van der Waals surface area (Å²) < 4.78 is 18.2. The SMILES string of the molecule is Cc1nc(C(=O)Oc2ccc(C(=O)c3ccc(F)cc3)cc2)ccc1C#N. The third-order valence-corrected chi connectivity index (χ3v) is 3.85. The molecule has 5 nitrogen and oxygen atoms in total. The van der Waals surface area contributed by atoms with E-state index in [0.717, 1.165) is 0 Å². The van der Waals surface area contributed by atoms with Gasteiger partial charge in [0, 0.05) is 11.1 Å². The van der Waals surface area contributed by atoms with Crippen LogP contribution in [0, 0.1) is 24.1 Å². The minimum absolute atomic E-state index is 0.0814. The third-order valence-electron chi connectivity index (χ3n) is 3.85. The molecule has 0 N–H and O–H groups in total. The Kier molecular flexibility index (Phi) is 5.04. The van der Waals surface area contributed by atoms with Crippen molar-refractivity contribution in [2.45, 2.75) is 6.92 Å². The molecule has 0 spiro atoms. The van der Waals surface area contributed by atoms with Gasteiger partial charge in [-0.25, -0.2) is 14.2 Å². The average molecular weight is 360 g/mol. The van der Waals surface area contributed by atoms with E-state index in [9.17, 15) is 14.0 Å². The number of hydrogen-bond donors (Lipinski definition) is 0. The molecule has 0 bridgehead atoms. The van der Waals surface area contributed by atoms with E-state index in [-0.39, 0.29) is 17.2 Å². The first-order valence-electron chi connectivity index (χ1n) is 7.98. The summed E-state index contributed by atoms with van der Waals surface area (Å²) in [6.07, 6.45) is 0. The Morgan fingerprint density at radius 1 is 0.963 bits per heavy atom. The number of aryl methyl sites for hydroxylation is 1. The van der Waals surface area contributed by atoms with Gasteiger partial charge in [-0.3, -0.25) is 4.79 Å². The predicted molar refractivity (Wildman–Crippen MR) is 94.9 cm³/mol. The fraction of sp³-hybridized carbons (Fsp3) is 0.0476. The van der Waals surface area contributed by atoms with Gasteiger partial charge in [0.2, 0.25) is 0 Å². The molecule has 1 heterocycles. The lowest BCUT2D eigenvalue weighted by Crippen LogP contribution is -2.11. The lowest BCUT2D eigenvalue weighted by Gasteiger charge is -2.06. The number of nitriles is 1. The minimum atomic E-state index is -0.666. The topological polar surface area (TPSA) is 80.0 Å². The number of rotatable bonds is 4. The first kappa shape index (κ1) is 18.0. The van der Waals surface area contributed by atoms with E-state index in [0.29, 0.717) is 22.4 Å². The fourth-order valence-electron chi connectivity index (χ4n) is 2.39. The van der Waals surface area contributed by atoms with E-state index in [1.54, 1.807) is 6.92 Å². The Morgan fingerprint density at radius 2 is 1.56 bits per heavy atom. The maximum atomic E-state index is 13.0. The van der Waals surface area contributed by atoms with Crippen LogP contribution in [0.3, 0.4) is 0 Å². The highest BCUT2D eigenvalue weighted by Gasteiger charge is 2.13. The monoisotopic (exact) mass is 360 g/mol. The predicted octanol–water partition coefficient (Wildman–Crippen LogP) is 3.85. The Labute approximate surface area is 154 Å². The number of aromatic nitrogens is 1. The number of esters is 1. The fourth-order valence-corrected chi connectivity index (χ4v) is 2.39. The van der Waals surface area contributed by atoms with Crippen molar-refractivity contribution in [2.24, 2.45) is 0 Å². The molecule has 0 fully saturated rings. The Morgan fingerprint density at radius 3 is 2.11 bits per heavy atom. The van der Waals surface area contributed by atoms with E-state index in [4.69, 9.17) is 10.00 Å². The molecule has 0 atom stereocenters. The second-order valence-corrected chi connectivity index (χ2v) is 5.69. The van der Waals surface area contributed by atoms with Crippen LogP contribution >= 0.6 is 0 Å². The first-order valence-corrected chi connectivity index (χ1v) is 7.98. The van der Waals surface area contributed by atoms with E-state index in [1.165, 1.54) is 60.7 Å². The van der Waals surface area contributed by atoms with Gasteiger partial charge in [-0.15, -0.1) is 0 Å². The summed E-state index contributed by atoms with van der Waals surface area (Å²) in [4.78, 5) is 28.6. The van der Waals surface area contributed by atoms with Crippen LogP contribution in [0.2, 0.25) is 0 Å². The van der Waals surface area contributed by atoms with Gasteiger partial charge in [0.1, 0.15) is 23.3 Å². The summed E-state index contributed by atoms with van der Waals surface area (Å²) in [7, 11) is 0. The highest BCUT2D eigenvalue weighted by Crippen LogP contribution is 2.17. The molecule has 0 amide bonds. The molecule has 0 saturated carbocycles. The zero-order chi connectivity index (χ0) is 19.4. The van der Waals surface area contributed by atoms with Crippen molar-refractivity contribution in [1.29, 1.82) is 5.26 Å². The summed E-state index contributed by atoms with van der Waals surface area (Å²) in [6, 6.07) is 16.2. The molecule has 6 heteroatoms. The molecule has 1 aromatic heterocycles. The van der Waals surface area contributed by atoms with Gasteiger partial charge in [-0.2, -0.15) is 5.26 Å². The number of benzene rings is 2. The highest BCUT2D eigenvalue weighted by atomic mass is 19.1. The van der Waals surface area contributed by atoms with Gasteiger partial charge in [-0.05, 0) is 67.6 Å². The summed E-state index contributed by atoms with van der Waals surface area (Å²) in [6.45, 7) is 1.63. The molecule has 27 heavy (non-hydrogen) atoms. The first-order chi connectivity index (χ1) is 13.0. The molecule has 0 aliphatic carbocycles. The highest BCUT2D eigenvalue weighted by molar-refractivity contribution is 6.09. The number of hydrogen-bond acceptors (Lipinski definition) is 5. The van der Waals surface area contributed by atoms with Crippen LogP contribution < -0.4 is 4.74 Å². The van der Waals surface area contributed by atoms with Gasteiger partial charge >= 0.3 is 5.97 Å². The smallest absolute Gasteiger partial charge is 0.362 e. The molecule has 0 aliphatic rings. The molecule has 0 radical (unpaired) electrons. The molecular formula is C21H13FN2O3. The maximum Gasteiger partial charge on any atom is 0.362 e. The van der Waals surface area contributed by atoms with Crippen molar-refractivity contribution in [3.63, 3.8) is 0 Å². The molecule has 3 rings (SSSR count). The summed E-state index contributed by atoms with van der Waals surface area (Å²) in [5.74, 6) is -1.10. The van der Waals surface area contributed by atoms with Gasteiger partial charge in [0.05, 0.1) is 11.3 Å². The summed E-state index contributed by atoms with van der Waals surface area (Å²) in [5.41, 5.74) is 1.65. The molecule has 2 aromatic carbocycles. The van der Waals surface area contributed by atoms with E-state index in [1.807, 2.05) is 6.07 Å². The molecule has 0 saturated heterocycles. The lowest BCUT2D eigenvalue weighted by molar-refractivity contribution is 0.0728. The number of nitrogens with zero attached hydrogens (tertiary/aromatic N) is 2. The molecule has 0 aliphatic heterocycles. The number of ether oxygens (including phenoxy) is 1. The number of ketones is 1. The number of carbonyl (C=O) groups is 2. The van der Waals surface area contributed by atoms with E-state index in [2.05, 4.69) is 4.98 Å².